The van der Waals surface area contributed by atoms with Crippen LogP contribution in [0.3, 0.4) is 0 Å². The molecule has 0 amide bonds. The van der Waals surface area contributed by atoms with E-state index in [0.29, 0.717) is 15.9 Å². The Kier molecular flexibility index (Phi) is 3.44. The Hall–Kier alpha value is -2.08. The summed E-state index contributed by atoms with van der Waals surface area (Å²) in [5.41, 5.74) is 0.436. The Labute approximate surface area is 113 Å². The number of hydrogen-bond acceptors (Lipinski definition) is 4. The standard InChI is InChI=1S/C12H11ClN2O4/c1-3-19-12(16)10-6-7-8(13)4-5-9(15(17)18)11(7)14(10)2/h4-6H,3H2,1-2H3. The van der Waals surface area contributed by atoms with E-state index in [1.807, 2.05) is 0 Å². The fraction of sp³-hybridized carbons (Fsp3) is 0.250. The number of esters is 1. The quantitative estimate of drug-likeness (QED) is 0.493. The van der Waals surface area contributed by atoms with Crippen LogP contribution in [0.15, 0.2) is 18.2 Å². The molecule has 0 unspecified atom stereocenters. The zero-order valence-corrected chi connectivity index (χ0v) is 11.1. The highest BCUT2D eigenvalue weighted by atomic mass is 35.5. The van der Waals surface area contributed by atoms with Crippen molar-refractivity contribution in [2.24, 2.45) is 7.05 Å². The van der Waals surface area contributed by atoms with Gasteiger partial charge in [0.15, 0.2) is 0 Å². The van der Waals surface area contributed by atoms with Crippen LogP contribution in [0.2, 0.25) is 5.02 Å². The van der Waals surface area contributed by atoms with E-state index < -0.39 is 10.9 Å². The second-order valence-electron chi connectivity index (χ2n) is 3.89. The van der Waals surface area contributed by atoms with Gasteiger partial charge in [0.25, 0.3) is 5.69 Å². The topological polar surface area (TPSA) is 74.4 Å². The Morgan fingerprint density at radius 1 is 1.53 bits per heavy atom. The largest absolute Gasteiger partial charge is 0.461 e. The Balaban J connectivity index is 2.75. The molecular weight excluding hydrogens is 272 g/mol. The molecule has 0 fully saturated rings. The number of aryl methyl sites for hydroxylation is 1. The molecule has 0 radical (unpaired) electrons. The Morgan fingerprint density at radius 2 is 2.21 bits per heavy atom. The van der Waals surface area contributed by atoms with Crippen molar-refractivity contribution in [2.45, 2.75) is 6.92 Å². The van der Waals surface area contributed by atoms with Crippen molar-refractivity contribution in [1.82, 2.24) is 4.57 Å². The van der Waals surface area contributed by atoms with Crippen LogP contribution in [0.25, 0.3) is 10.9 Å². The average molecular weight is 283 g/mol. The summed E-state index contributed by atoms with van der Waals surface area (Å²) in [6, 6.07) is 4.26. The molecule has 0 aliphatic rings. The SMILES string of the molecule is CCOC(=O)c1cc2c(Cl)ccc([N+](=O)[O-])c2n1C. The van der Waals surface area contributed by atoms with Crippen LogP contribution in [-0.2, 0) is 11.8 Å². The van der Waals surface area contributed by atoms with Crippen molar-refractivity contribution < 1.29 is 14.5 Å². The molecule has 1 aromatic carbocycles. The summed E-state index contributed by atoms with van der Waals surface area (Å²) in [7, 11) is 1.57. The van der Waals surface area contributed by atoms with Crippen LogP contribution in [0, 0.1) is 10.1 Å². The van der Waals surface area contributed by atoms with Crippen molar-refractivity contribution in [2.75, 3.05) is 6.61 Å². The number of halogens is 1. The molecule has 19 heavy (non-hydrogen) atoms. The fourth-order valence-electron chi connectivity index (χ4n) is 1.96. The zero-order chi connectivity index (χ0) is 14.2. The van der Waals surface area contributed by atoms with Crippen LogP contribution >= 0.6 is 11.6 Å². The number of ether oxygens (including phenoxy) is 1. The maximum atomic E-state index is 11.8. The van der Waals surface area contributed by atoms with Gasteiger partial charge >= 0.3 is 5.97 Å². The van der Waals surface area contributed by atoms with Crippen molar-refractivity contribution in [1.29, 1.82) is 0 Å². The van der Waals surface area contributed by atoms with E-state index in [1.54, 1.807) is 14.0 Å². The maximum absolute atomic E-state index is 11.8. The second kappa shape index (κ2) is 4.89. The van der Waals surface area contributed by atoms with Gasteiger partial charge in [0.2, 0.25) is 0 Å². The van der Waals surface area contributed by atoms with Gasteiger partial charge in [-0.25, -0.2) is 4.79 Å². The number of nitro benzene ring substituents is 1. The predicted octanol–water partition coefficient (Wildman–Crippen LogP) is 2.92. The molecule has 2 rings (SSSR count). The van der Waals surface area contributed by atoms with Crippen LogP contribution in [0.5, 0.6) is 0 Å². The lowest BCUT2D eigenvalue weighted by atomic mass is 10.2. The van der Waals surface area contributed by atoms with Gasteiger partial charge in [0, 0.05) is 18.5 Å². The van der Waals surface area contributed by atoms with Crippen LogP contribution in [0.1, 0.15) is 17.4 Å². The summed E-state index contributed by atoms with van der Waals surface area (Å²) in [6.07, 6.45) is 0. The van der Waals surface area contributed by atoms with E-state index in [2.05, 4.69) is 0 Å². The number of carbonyl (C=O) groups excluding carboxylic acids is 1. The molecule has 0 spiro atoms. The number of hydrogen-bond donors (Lipinski definition) is 0. The molecule has 0 bridgehead atoms. The lowest BCUT2D eigenvalue weighted by molar-refractivity contribution is -0.383. The van der Waals surface area contributed by atoms with E-state index in [-0.39, 0.29) is 18.0 Å². The first-order valence-electron chi connectivity index (χ1n) is 5.56. The van der Waals surface area contributed by atoms with Crippen molar-refractivity contribution in [3.8, 4) is 0 Å². The lowest BCUT2D eigenvalue weighted by Crippen LogP contribution is -2.09. The van der Waals surface area contributed by atoms with Crippen LogP contribution in [0.4, 0.5) is 5.69 Å². The first-order valence-corrected chi connectivity index (χ1v) is 5.94. The van der Waals surface area contributed by atoms with E-state index in [1.165, 1.54) is 22.8 Å². The molecule has 1 heterocycles. The minimum absolute atomic E-state index is 0.0996. The fourth-order valence-corrected chi connectivity index (χ4v) is 2.17. The van der Waals surface area contributed by atoms with Crippen molar-refractivity contribution in [3.05, 3.63) is 39.0 Å². The second-order valence-corrected chi connectivity index (χ2v) is 4.30. The van der Waals surface area contributed by atoms with Gasteiger partial charge in [-0.15, -0.1) is 0 Å². The molecular formula is C12H11ClN2O4. The van der Waals surface area contributed by atoms with Gasteiger partial charge in [0.1, 0.15) is 11.2 Å². The van der Waals surface area contributed by atoms with E-state index >= 15 is 0 Å². The number of carbonyl (C=O) groups is 1. The van der Waals surface area contributed by atoms with Gasteiger partial charge in [-0.2, -0.15) is 0 Å². The smallest absolute Gasteiger partial charge is 0.354 e. The van der Waals surface area contributed by atoms with Crippen LogP contribution < -0.4 is 0 Å². The summed E-state index contributed by atoms with van der Waals surface area (Å²) in [6.45, 7) is 1.92. The molecule has 6 nitrogen and oxygen atoms in total. The lowest BCUT2D eigenvalue weighted by Gasteiger charge is -2.04. The molecule has 0 atom stereocenters. The number of nitro groups is 1. The number of nitrogens with zero attached hydrogens (tertiary/aromatic N) is 2. The van der Waals surface area contributed by atoms with Crippen molar-refractivity contribution >= 4 is 34.2 Å². The number of non-ortho nitro benzene ring substituents is 1. The Bertz CT molecular complexity index is 678. The normalized spacial score (nSPS) is 10.7. The highest BCUT2D eigenvalue weighted by Crippen LogP contribution is 2.33. The van der Waals surface area contributed by atoms with Gasteiger partial charge in [-0.05, 0) is 19.1 Å². The average Bonchev–Trinajstić information content (AvgIpc) is 2.69. The summed E-state index contributed by atoms with van der Waals surface area (Å²) < 4.78 is 6.33. The summed E-state index contributed by atoms with van der Waals surface area (Å²) in [5, 5.41) is 11.8. The molecule has 100 valence electrons. The van der Waals surface area contributed by atoms with E-state index in [4.69, 9.17) is 16.3 Å². The van der Waals surface area contributed by atoms with Gasteiger partial charge in [0.05, 0.1) is 16.6 Å². The van der Waals surface area contributed by atoms with Gasteiger partial charge < -0.3 is 9.30 Å². The number of fused-ring (bicyclic) bond motifs is 1. The van der Waals surface area contributed by atoms with E-state index in [9.17, 15) is 14.9 Å². The third kappa shape index (κ3) is 2.15. The molecule has 1 aromatic heterocycles. The third-order valence-corrected chi connectivity index (χ3v) is 3.13. The number of aromatic nitrogens is 1. The summed E-state index contributed by atoms with van der Waals surface area (Å²) in [4.78, 5) is 22.3. The predicted molar refractivity (Wildman–Crippen MR) is 70.5 cm³/mol. The Morgan fingerprint density at radius 3 is 2.79 bits per heavy atom. The number of benzene rings is 1. The first kappa shape index (κ1) is 13.4. The molecule has 0 saturated heterocycles. The maximum Gasteiger partial charge on any atom is 0.354 e. The molecule has 0 N–H and O–H groups in total. The minimum atomic E-state index is -0.536. The van der Waals surface area contributed by atoms with Crippen LogP contribution in [-0.4, -0.2) is 22.1 Å². The van der Waals surface area contributed by atoms with E-state index in [0.717, 1.165) is 0 Å². The summed E-state index contributed by atoms with van der Waals surface area (Å²) in [5.74, 6) is -0.536. The first-order chi connectivity index (χ1) is 8.97. The molecule has 0 aliphatic heterocycles. The van der Waals surface area contributed by atoms with Gasteiger partial charge in [-0.1, -0.05) is 11.6 Å². The molecule has 0 aliphatic carbocycles. The molecule has 7 heteroatoms. The number of rotatable bonds is 3. The molecule has 2 aromatic rings. The zero-order valence-electron chi connectivity index (χ0n) is 10.3. The summed E-state index contributed by atoms with van der Waals surface area (Å²) >= 11 is 6.01. The third-order valence-electron chi connectivity index (χ3n) is 2.80. The van der Waals surface area contributed by atoms with Gasteiger partial charge in [-0.3, -0.25) is 10.1 Å². The highest BCUT2D eigenvalue weighted by molar-refractivity contribution is 6.36. The monoisotopic (exact) mass is 282 g/mol. The molecule has 0 saturated carbocycles. The van der Waals surface area contributed by atoms with Crippen molar-refractivity contribution in [3.63, 3.8) is 0 Å². The minimum Gasteiger partial charge on any atom is -0.461 e. The highest BCUT2D eigenvalue weighted by Gasteiger charge is 2.22.